The van der Waals surface area contributed by atoms with Gasteiger partial charge in [-0.3, -0.25) is 4.90 Å². The first kappa shape index (κ1) is 30.9. The standard InChI is InChI=1S/C27H33BrF5N5O4/c1-25(2,3)42-24(39)37-9-15-11-40-12-16(10-37)38(15)22-17-6-18(27(31,32)33)19(28)20(30)21(17)34-23(35-22)41-13-26(4)7-14(29)8-36(26)5/h6,14-16H,7-13H2,1-5H3/t14-,15?,16?,26-/m1/s1. The maximum Gasteiger partial charge on any atom is 0.417 e. The number of halogens is 6. The second-order valence-corrected chi connectivity index (χ2v) is 13.2. The van der Waals surface area contributed by atoms with Crippen molar-refractivity contribution in [1.29, 1.82) is 0 Å². The van der Waals surface area contributed by atoms with Gasteiger partial charge in [-0.25, -0.2) is 13.6 Å². The number of amides is 1. The molecule has 3 aliphatic rings. The molecule has 4 atom stereocenters. The zero-order chi connectivity index (χ0) is 30.8. The van der Waals surface area contributed by atoms with Gasteiger partial charge in [0.15, 0.2) is 5.82 Å². The number of likely N-dealkylation sites (N-methyl/N-ethyl adjacent to an activating group) is 1. The molecular weight excluding hydrogens is 633 g/mol. The third-order valence-corrected chi connectivity index (χ3v) is 8.64. The van der Waals surface area contributed by atoms with Gasteiger partial charge in [0, 0.05) is 31.4 Å². The molecule has 3 saturated heterocycles. The number of hydrogen-bond acceptors (Lipinski definition) is 8. The number of alkyl halides is 4. The molecule has 2 unspecified atom stereocenters. The highest BCUT2D eigenvalue weighted by atomic mass is 79.9. The van der Waals surface area contributed by atoms with E-state index < -0.39 is 57.5 Å². The summed E-state index contributed by atoms with van der Waals surface area (Å²) in [6.07, 6.45) is -6.23. The molecule has 1 aromatic carbocycles. The lowest BCUT2D eigenvalue weighted by atomic mass is 10.0. The summed E-state index contributed by atoms with van der Waals surface area (Å²) in [5.41, 5.74) is -2.99. The van der Waals surface area contributed by atoms with E-state index in [0.717, 1.165) is 6.07 Å². The maximum atomic E-state index is 15.6. The Labute approximate surface area is 248 Å². The van der Waals surface area contributed by atoms with E-state index in [1.54, 1.807) is 32.7 Å². The van der Waals surface area contributed by atoms with Crippen LogP contribution in [0.4, 0.5) is 32.6 Å². The lowest BCUT2D eigenvalue weighted by Gasteiger charge is -2.50. The van der Waals surface area contributed by atoms with Crippen LogP contribution >= 0.6 is 15.9 Å². The first-order chi connectivity index (χ1) is 19.5. The van der Waals surface area contributed by atoms with Crippen LogP contribution in [0.5, 0.6) is 6.01 Å². The molecule has 2 aromatic rings. The lowest BCUT2D eigenvalue weighted by Crippen LogP contribution is -2.66. The fourth-order valence-electron chi connectivity index (χ4n) is 5.72. The molecule has 3 aliphatic heterocycles. The van der Waals surface area contributed by atoms with Crippen molar-refractivity contribution < 1.29 is 41.0 Å². The second kappa shape index (κ2) is 10.9. The van der Waals surface area contributed by atoms with E-state index in [2.05, 4.69) is 25.9 Å². The molecule has 0 spiro atoms. The van der Waals surface area contributed by atoms with Gasteiger partial charge < -0.3 is 24.0 Å². The highest BCUT2D eigenvalue weighted by Crippen LogP contribution is 2.43. The number of nitrogens with zero attached hydrogens (tertiary/aromatic N) is 5. The summed E-state index contributed by atoms with van der Waals surface area (Å²) in [7, 11) is 1.76. The molecule has 5 rings (SSSR count). The molecule has 1 amide bonds. The number of ether oxygens (including phenoxy) is 3. The molecule has 0 radical (unpaired) electrons. The summed E-state index contributed by atoms with van der Waals surface area (Å²) >= 11 is 2.76. The quantitative estimate of drug-likeness (QED) is 0.413. The molecule has 9 nitrogen and oxygen atoms in total. The predicted octanol–water partition coefficient (Wildman–Crippen LogP) is 5.19. The third kappa shape index (κ3) is 5.96. The molecule has 1 aromatic heterocycles. The summed E-state index contributed by atoms with van der Waals surface area (Å²) in [6.45, 7) is 7.83. The summed E-state index contributed by atoms with van der Waals surface area (Å²) < 4.78 is 87.9. The van der Waals surface area contributed by atoms with Crippen LogP contribution in [0.2, 0.25) is 0 Å². The summed E-state index contributed by atoms with van der Waals surface area (Å²) in [4.78, 5) is 26.6. The van der Waals surface area contributed by atoms with Crippen LogP contribution in [0, 0.1) is 5.82 Å². The van der Waals surface area contributed by atoms with E-state index >= 15 is 4.39 Å². The van der Waals surface area contributed by atoms with Crippen LogP contribution in [0.3, 0.4) is 0 Å². The smallest absolute Gasteiger partial charge is 0.417 e. The molecule has 42 heavy (non-hydrogen) atoms. The van der Waals surface area contributed by atoms with Crippen molar-refractivity contribution in [3.63, 3.8) is 0 Å². The fourth-order valence-corrected chi connectivity index (χ4v) is 6.25. The normalized spacial score (nSPS) is 27.1. The predicted molar refractivity (Wildman–Crippen MR) is 147 cm³/mol. The Morgan fingerprint density at radius 2 is 1.81 bits per heavy atom. The zero-order valence-electron chi connectivity index (χ0n) is 23.9. The molecule has 0 saturated carbocycles. The average molecular weight is 666 g/mol. The van der Waals surface area contributed by atoms with Gasteiger partial charge in [-0.05, 0) is 56.7 Å². The number of benzene rings is 1. The van der Waals surface area contributed by atoms with E-state index in [0.29, 0.717) is 0 Å². The van der Waals surface area contributed by atoms with Crippen LogP contribution in [0.15, 0.2) is 10.5 Å². The topological polar surface area (TPSA) is 80.3 Å². The van der Waals surface area contributed by atoms with Gasteiger partial charge in [-0.15, -0.1) is 0 Å². The molecule has 3 fully saturated rings. The number of carbonyl (C=O) groups is 1. The van der Waals surface area contributed by atoms with Gasteiger partial charge in [0.05, 0.1) is 40.9 Å². The first-order valence-corrected chi connectivity index (χ1v) is 14.4. The third-order valence-electron chi connectivity index (χ3n) is 7.87. The molecule has 2 bridgehead atoms. The van der Waals surface area contributed by atoms with Gasteiger partial charge in [0.1, 0.15) is 29.7 Å². The number of piperazine rings is 1. The molecule has 0 aliphatic carbocycles. The Morgan fingerprint density at radius 3 is 2.36 bits per heavy atom. The summed E-state index contributed by atoms with van der Waals surface area (Å²) in [5.74, 6) is -1.18. The number of aromatic nitrogens is 2. The Hall–Kier alpha value is -2.52. The van der Waals surface area contributed by atoms with E-state index in [-0.39, 0.29) is 68.6 Å². The highest BCUT2D eigenvalue weighted by Gasteiger charge is 2.44. The van der Waals surface area contributed by atoms with Crippen molar-refractivity contribution >= 4 is 38.7 Å². The summed E-state index contributed by atoms with van der Waals surface area (Å²) in [5, 5.41) is -0.161. The SMILES string of the molecule is CN1C[C@H](F)C[C@]1(C)COc1nc(N2C3COCC2CN(C(=O)OC(C)(C)C)C3)c2cc(C(F)(F)F)c(Br)c(F)c2n1. The Balaban J connectivity index is 1.57. The van der Waals surface area contributed by atoms with Gasteiger partial charge in [0.2, 0.25) is 0 Å². The first-order valence-electron chi connectivity index (χ1n) is 13.6. The molecule has 15 heteroatoms. The van der Waals surface area contributed by atoms with E-state index in [1.165, 1.54) is 4.90 Å². The van der Waals surface area contributed by atoms with E-state index in [1.807, 2.05) is 11.8 Å². The van der Waals surface area contributed by atoms with E-state index in [4.69, 9.17) is 14.2 Å². The van der Waals surface area contributed by atoms with Crippen LogP contribution in [0.1, 0.15) is 39.7 Å². The molecule has 232 valence electrons. The van der Waals surface area contributed by atoms with Crippen LogP contribution in [-0.4, -0.2) is 102 Å². The number of hydrogen-bond donors (Lipinski definition) is 0. The minimum Gasteiger partial charge on any atom is -0.461 e. The van der Waals surface area contributed by atoms with Crippen molar-refractivity contribution in [1.82, 2.24) is 19.8 Å². The van der Waals surface area contributed by atoms with Gasteiger partial charge in [-0.1, -0.05) is 0 Å². The lowest BCUT2D eigenvalue weighted by molar-refractivity contribution is -0.138. The highest BCUT2D eigenvalue weighted by molar-refractivity contribution is 9.10. The Morgan fingerprint density at radius 1 is 1.17 bits per heavy atom. The minimum absolute atomic E-state index is 0.0271. The Kier molecular flexibility index (Phi) is 8.01. The van der Waals surface area contributed by atoms with E-state index in [9.17, 15) is 22.4 Å². The van der Waals surface area contributed by atoms with Gasteiger partial charge in [-0.2, -0.15) is 23.1 Å². The number of rotatable bonds is 4. The van der Waals surface area contributed by atoms with Crippen molar-refractivity contribution in [2.24, 2.45) is 0 Å². The zero-order valence-corrected chi connectivity index (χ0v) is 25.5. The molecule has 4 heterocycles. The number of morpholine rings is 1. The van der Waals surface area contributed by atoms with Gasteiger partial charge in [0.25, 0.3) is 0 Å². The summed E-state index contributed by atoms with van der Waals surface area (Å²) in [6, 6.07) is -0.489. The van der Waals surface area contributed by atoms with Crippen molar-refractivity contribution in [3.05, 3.63) is 21.9 Å². The van der Waals surface area contributed by atoms with Crippen molar-refractivity contribution in [3.8, 4) is 6.01 Å². The fraction of sp³-hybridized carbons (Fsp3) is 0.667. The largest absolute Gasteiger partial charge is 0.461 e. The number of fused-ring (bicyclic) bond motifs is 3. The molecule has 0 N–H and O–H groups in total. The maximum absolute atomic E-state index is 15.6. The van der Waals surface area contributed by atoms with Crippen LogP contribution in [0.25, 0.3) is 10.9 Å². The number of carbonyl (C=O) groups excluding carboxylic acids is 1. The van der Waals surface area contributed by atoms with Crippen molar-refractivity contribution in [2.45, 2.75) is 69.7 Å². The van der Waals surface area contributed by atoms with Crippen LogP contribution < -0.4 is 9.64 Å². The monoisotopic (exact) mass is 665 g/mol. The minimum atomic E-state index is -4.86. The average Bonchev–Trinajstić information content (AvgIpc) is 3.13. The van der Waals surface area contributed by atoms with Crippen molar-refractivity contribution in [2.75, 3.05) is 51.4 Å². The number of anilines is 1. The van der Waals surface area contributed by atoms with Crippen LogP contribution in [-0.2, 0) is 15.7 Å². The Bertz CT molecular complexity index is 1360. The number of likely N-dealkylation sites (tertiary alicyclic amines) is 1. The van der Waals surface area contributed by atoms with Gasteiger partial charge >= 0.3 is 18.3 Å². The second-order valence-electron chi connectivity index (χ2n) is 12.4. The molecular formula is C27H33BrF5N5O4.